The van der Waals surface area contributed by atoms with Crippen molar-refractivity contribution in [3.8, 4) is 5.75 Å². The maximum absolute atomic E-state index is 13.9. The quantitative estimate of drug-likeness (QED) is 0.364. The molecule has 1 N–H and O–H groups in total. The Kier molecular flexibility index (Phi) is 6.27. The molecule has 4 aromatic rings. The van der Waals surface area contributed by atoms with Gasteiger partial charge in [0.05, 0.1) is 13.2 Å². The number of hydrogen-bond donors (Lipinski definition) is 1. The van der Waals surface area contributed by atoms with Gasteiger partial charge in [0.1, 0.15) is 11.8 Å². The van der Waals surface area contributed by atoms with Gasteiger partial charge in [0.25, 0.3) is 5.91 Å². The molecule has 0 saturated carbocycles. The molecule has 6 nitrogen and oxygen atoms in total. The molecule has 5 rings (SSSR count). The smallest absolute Gasteiger partial charge is 0.255 e. The van der Waals surface area contributed by atoms with Crippen molar-refractivity contribution in [1.29, 1.82) is 0 Å². The predicted octanol–water partition coefficient (Wildman–Crippen LogP) is 5.79. The van der Waals surface area contributed by atoms with E-state index in [2.05, 4.69) is 42.1 Å². The van der Waals surface area contributed by atoms with Crippen molar-refractivity contribution in [2.75, 3.05) is 12.4 Å². The molecule has 0 spiro atoms. The van der Waals surface area contributed by atoms with E-state index in [1.54, 1.807) is 12.0 Å². The lowest BCUT2D eigenvalue weighted by atomic mass is 9.95. The van der Waals surface area contributed by atoms with E-state index < -0.39 is 6.04 Å². The van der Waals surface area contributed by atoms with Gasteiger partial charge in [-0.05, 0) is 54.3 Å². The number of para-hydroxylation sites is 1. The second kappa shape index (κ2) is 9.53. The summed E-state index contributed by atoms with van der Waals surface area (Å²) < 4.78 is 7.32. The predicted molar refractivity (Wildman–Crippen MR) is 142 cm³/mol. The van der Waals surface area contributed by atoms with Crippen LogP contribution in [-0.2, 0) is 11.8 Å². The van der Waals surface area contributed by atoms with E-state index >= 15 is 0 Å². The van der Waals surface area contributed by atoms with E-state index in [1.165, 1.54) is 0 Å². The number of nitrogens with one attached hydrogen (secondary N) is 1. The SMILES string of the molecule is COc1ccc(NC(=O)C(CC(C)C)N2C(=O)c3ccccc3C2c2cn(C)c3ccccc23)cc1. The fourth-order valence-electron chi connectivity index (χ4n) is 5.26. The average molecular weight is 482 g/mol. The topological polar surface area (TPSA) is 63.6 Å². The number of benzene rings is 3. The van der Waals surface area contributed by atoms with E-state index in [9.17, 15) is 9.59 Å². The van der Waals surface area contributed by atoms with Crippen LogP contribution >= 0.6 is 0 Å². The molecule has 184 valence electrons. The van der Waals surface area contributed by atoms with Gasteiger partial charge in [0.2, 0.25) is 5.91 Å². The largest absolute Gasteiger partial charge is 0.497 e. The number of fused-ring (bicyclic) bond motifs is 2. The molecule has 0 aliphatic carbocycles. The number of nitrogens with zero attached hydrogens (tertiary/aromatic N) is 2. The number of amides is 2. The highest BCUT2D eigenvalue weighted by atomic mass is 16.5. The molecular formula is C30H31N3O3. The van der Waals surface area contributed by atoms with Gasteiger partial charge in [-0.15, -0.1) is 0 Å². The van der Waals surface area contributed by atoms with Gasteiger partial charge < -0.3 is 19.5 Å². The van der Waals surface area contributed by atoms with Crippen LogP contribution in [0.2, 0.25) is 0 Å². The summed E-state index contributed by atoms with van der Waals surface area (Å²) in [7, 11) is 3.62. The lowest BCUT2D eigenvalue weighted by Crippen LogP contribution is -2.47. The minimum Gasteiger partial charge on any atom is -0.497 e. The minimum atomic E-state index is -0.643. The number of hydrogen-bond acceptors (Lipinski definition) is 3. The first-order chi connectivity index (χ1) is 17.4. The number of aryl methyl sites for hydroxylation is 1. The van der Waals surface area contributed by atoms with Crippen molar-refractivity contribution in [2.24, 2.45) is 13.0 Å². The first-order valence-electron chi connectivity index (χ1n) is 12.3. The molecule has 0 saturated heterocycles. The minimum absolute atomic E-state index is 0.112. The Morgan fingerprint density at radius 1 is 0.972 bits per heavy atom. The Morgan fingerprint density at radius 3 is 2.39 bits per heavy atom. The van der Waals surface area contributed by atoms with Crippen LogP contribution in [0.25, 0.3) is 10.9 Å². The second-order valence-corrected chi connectivity index (χ2v) is 9.78. The van der Waals surface area contributed by atoms with E-state index in [0.29, 0.717) is 23.4 Å². The molecular weight excluding hydrogens is 450 g/mol. The Hall–Kier alpha value is -4.06. The molecule has 0 bridgehead atoms. The van der Waals surface area contributed by atoms with Crippen LogP contribution in [-0.4, -0.2) is 34.4 Å². The maximum Gasteiger partial charge on any atom is 0.255 e. The monoisotopic (exact) mass is 481 g/mol. The van der Waals surface area contributed by atoms with Crippen LogP contribution in [0.3, 0.4) is 0 Å². The molecule has 2 heterocycles. The van der Waals surface area contributed by atoms with E-state index in [4.69, 9.17) is 4.74 Å². The zero-order chi connectivity index (χ0) is 25.4. The molecule has 0 fully saturated rings. The summed E-state index contributed by atoms with van der Waals surface area (Å²) in [6.07, 6.45) is 2.63. The summed E-state index contributed by atoms with van der Waals surface area (Å²) in [5, 5.41) is 4.13. The Bertz CT molecular complexity index is 1420. The lowest BCUT2D eigenvalue weighted by molar-refractivity contribution is -0.121. The molecule has 0 radical (unpaired) electrons. The average Bonchev–Trinajstić information content (AvgIpc) is 3.37. The third-order valence-electron chi connectivity index (χ3n) is 6.91. The van der Waals surface area contributed by atoms with Gasteiger partial charge in [-0.1, -0.05) is 50.2 Å². The summed E-state index contributed by atoms with van der Waals surface area (Å²) in [4.78, 5) is 29.5. The summed E-state index contributed by atoms with van der Waals surface area (Å²) in [5.74, 6) is 0.619. The second-order valence-electron chi connectivity index (χ2n) is 9.78. The van der Waals surface area contributed by atoms with E-state index in [1.807, 2.05) is 67.7 Å². The third-order valence-corrected chi connectivity index (χ3v) is 6.91. The number of ether oxygens (including phenoxy) is 1. The van der Waals surface area contributed by atoms with E-state index in [0.717, 1.165) is 22.0 Å². The highest BCUT2D eigenvalue weighted by molar-refractivity contribution is 6.05. The number of anilines is 1. The third kappa shape index (κ3) is 4.13. The molecule has 1 aromatic heterocycles. The van der Waals surface area contributed by atoms with Gasteiger partial charge in [0.15, 0.2) is 0 Å². The first-order valence-corrected chi connectivity index (χ1v) is 12.3. The van der Waals surface area contributed by atoms with Crippen molar-refractivity contribution in [1.82, 2.24) is 9.47 Å². The zero-order valence-corrected chi connectivity index (χ0v) is 21.1. The number of carbonyl (C=O) groups excluding carboxylic acids is 2. The molecule has 2 unspecified atom stereocenters. The summed E-state index contributed by atoms with van der Waals surface area (Å²) in [5.41, 5.74) is 4.37. The van der Waals surface area contributed by atoms with Gasteiger partial charge in [-0.3, -0.25) is 9.59 Å². The normalized spacial score (nSPS) is 15.9. The van der Waals surface area contributed by atoms with Crippen molar-refractivity contribution in [3.63, 3.8) is 0 Å². The molecule has 1 aliphatic heterocycles. The number of aromatic nitrogens is 1. The van der Waals surface area contributed by atoms with Crippen LogP contribution < -0.4 is 10.1 Å². The standard InChI is InChI=1S/C30H31N3O3/c1-19(2)17-27(29(34)31-20-13-15-21(36-4)16-14-20)33-28(23-10-5-6-11-24(23)30(33)35)25-18-32(3)26-12-8-7-9-22(25)26/h5-16,18-19,27-28H,17H2,1-4H3,(H,31,34). The Balaban J connectivity index is 1.60. The molecule has 36 heavy (non-hydrogen) atoms. The van der Waals surface area contributed by atoms with Crippen LogP contribution in [0, 0.1) is 5.92 Å². The molecule has 3 aromatic carbocycles. The molecule has 2 atom stereocenters. The van der Waals surface area contributed by atoms with Gasteiger partial charge in [0, 0.05) is 41.0 Å². The number of carbonyl (C=O) groups is 2. The highest BCUT2D eigenvalue weighted by Crippen LogP contribution is 2.43. The van der Waals surface area contributed by atoms with Crippen LogP contribution in [0.1, 0.15) is 47.8 Å². The first kappa shape index (κ1) is 23.7. The highest BCUT2D eigenvalue weighted by Gasteiger charge is 2.44. The van der Waals surface area contributed by atoms with Gasteiger partial charge in [-0.25, -0.2) is 0 Å². The van der Waals surface area contributed by atoms with Gasteiger partial charge >= 0.3 is 0 Å². The van der Waals surface area contributed by atoms with Crippen molar-refractivity contribution in [3.05, 3.63) is 95.7 Å². The molecule has 6 heteroatoms. The van der Waals surface area contributed by atoms with Gasteiger partial charge in [-0.2, -0.15) is 0 Å². The fraction of sp³-hybridized carbons (Fsp3) is 0.267. The molecule has 1 aliphatic rings. The summed E-state index contributed by atoms with van der Waals surface area (Å²) in [6, 6.07) is 22.2. The molecule has 2 amide bonds. The zero-order valence-electron chi connectivity index (χ0n) is 21.1. The maximum atomic E-state index is 13.9. The number of rotatable bonds is 7. The lowest BCUT2D eigenvalue weighted by Gasteiger charge is -2.34. The van der Waals surface area contributed by atoms with Crippen molar-refractivity contribution < 1.29 is 14.3 Å². The summed E-state index contributed by atoms with van der Waals surface area (Å²) in [6.45, 7) is 4.16. The van der Waals surface area contributed by atoms with Crippen LogP contribution in [0.4, 0.5) is 5.69 Å². The van der Waals surface area contributed by atoms with E-state index in [-0.39, 0.29) is 23.8 Å². The van der Waals surface area contributed by atoms with Crippen molar-refractivity contribution >= 4 is 28.4 Å². The Labute approximate surface area is 211 Å². The fourth-order valence-corrected chi connectivity index (χ4v) is 5.26. The number of methoxy groups -OCH3 is 1. The Morgan fingerprint density at radius 2 is 1.67 bits per heavy atom. The van der Waals surface area contributed by atoms with Crippen molar-refractivity contribution in [2.45, 2.75) is 32.4 Å². The van der Waals surface area contributed by atoms with Crippen LogP contribution in [0.15, 0.2) is 79.0 Å². The van der Waals surface area contributed by atoms with Crippen LogP contribution in [0.5, 0.6) is 5.75 Å². The summed E-state index contributed by atoms with van der Waals surface area (Å²) >= 11 is 0.